The van der Waals surface area contributed by atoms with E-state index in [2.05, 4.69) is 20.4 Å². The van der Waals surface area contributed by atoms with Crippen molar-refractivity contribution in [3.63, 3.8) is 0 Å². The third-order valence-corrected chi connectivity index (χ3v) is 5.64. The minimum Gasteiger partial charge on any atom is -0.452 e. The highest BCUT2D eigenvalue weighted by Gasteiger charge is 2.40. The molecule has 0 saturated heterocycles. The Kier molecular flexibility index (Phi) is 6.18. The van der Waals surface area contributed by atoms with Crippen molar-refractivity contribution in [3.8, 4) is 17.2 Å². The number of aromatic amines is 1. The first-order chi connectivity index (χ1) is 18.2. The number of H-pyrrole nitrogens is 1. The molecule has 0 unspecified atom stereocenters. The SMILES string of the molecule is CCn1c(=O)[nH]c2nccc(Oc3ccc(NC(=O)c4cnn(-c5ccccc5)c4C(F)(F)F)cc3F)c21. The molecule has 0 aliphatic heterocycles. The second-order valence-electron chi connectivity index (χ2n) is 8.03. The van der Waals surface area contributed by atoms with Crippen molar-refractivity contribution in [1.82, 2.24) is 24.3 Å². The number of alkyl halides is 3. The topological polar surface area (TPSA) is 107 Å². The van der Waals surface area contributed by atoms with Crippen LogP contribution in [0.2, 0.25) is 0 Å². The van der Waals surface area contributed by atoms with E-state index in [0.29, 0.717) is 16.7 Å². The van der Waals surface area contributed by atoms with Gasteiger partial charge in [0.15, 0.2) is 28.7 Å². The van der Waals surface area contributed by atoms with Gasteiger partial charge < -0.3 is 10.1 Å². The number of pyridine rings is 1. The maximum Gasteiger partial charge on any atom is 0.434 e. The number of amides is 1. The molecule has 0 radical (unpaired) electrons. The molecule has 38 heavy (non-hydrogen) atoms. The second kappa shape index (κ2) is 9.50. The molecule has 5 rings (SSSR count). The Morgan fingerprint density at radius 2 is 1.87 bits per heavy atom. The molecule has 9 nitrogen and oxygen atoms in total. The molecule has 2 aromatic carbocycles. The number of ether oxygens (including phenoxy) is 1. The molecule has 3 aromatic heterocycles. The molecule has 0 atom stereocenters. The van der Waals surface area contributed by atoms with Crippen LogP contribution in [0.15, 0.2) is 71.8 Å². The Labute approximate surface area is 211 Å². The smallest absolute Gasteiger partial charge is 0.434 e. The van der Waals surface area contributed by atoms with Crippen molar-refractivity contribution < 1.29 is 27.1 Å². The molecule has 2 N–H and O–H groups in total. The van der Waals surface area contributed by atoms with Crippen LogP contribution in [-0.2, 0) is 12.7 Å². The lowest BCUT2D eigenvalue weighted by Crippen LogP contribution is -2.20. The zero-order valence-corrected chi connectivity index (χ0v) is 19.6. The van der Waals surface area contributed by atoms with E-state index in [1.807, 2.05) is 0 Å². The Morgan fingerprint density at radius 1 is 1.11 bits per heavy atom. The standard InChI is InChI=1S/C25H18F4N6O3/c1-2-34-20-19(10-11-30-22(20)33-24(34)37)38-18-9-8-14(12-17(18)26)32-23(36)16-13-31-35(21(16)25(27,28)29)15-6-4-3-5-7-15/h3-13H,2H2,1H3,(H,32,36)(H,30,33,37). The Balaban J connectivity index is 1.42. The van der Waals surface area contributed by atoms with E-state index in [0.717, 1.165) is 12.3 Å². The summed E-state index contributed by atoms with van der Waals surface area (Å²) in [5, 5.41) is 6.01. The number of imidazole rings is 1. The van der Waals surface area contributed by atoms with Gasteiger partial charge in [-0.2, -0.15) is 18.3 Å². The summed E-state index contributed by atoms with van der Waals surface area (Å²) in [6.07, 6.45) is -2.71. The third-order valence-electron chi connectivity index (χ3n) is 5.64. The number of aryl methyl sites for hydroxylation is 1. The molecule has 1 amide bonds. The van der Waals surface area contributed by atoms with Crippen molar-refractivity contribution in [2.75, 3.05) is 5.32 Å². The quantitative estimate of drug-likeness (QED) is 0.298. The number of nitrogens with zero attached hydrogens (tertiary/aromatic N) is 4. The largest absolute Gasteiger partial charge is 0.452 e. The van der Waals surface area contributed by atoms with Gasteiger partial charge in [-0.1, -0.05) is 18.2 Å². The van der Waals surface area contributed by atoms with E-state index in [-0.39, 0.29) is 28.5 Å². The maximum atomic E-state index is 14.9. The van der Waals surface area contributed by atoms with Crippen LogP contribution in [0.25, 0.3) is 16.9 Å². The van der Waals surface area contributed by atoms with E-state index in [1.54, 1.807) is 13.0 Å². The summed E-state index contributed by atoms with van der Waals surface area (Å²) in [7, 11) is 0. The minimum absolute atomic E-state index is 0.104. The molecule has 0 aliphatic carbocycles. The number of para-hydroxylation sites is 1. The number of hydrogen-bond acceptors (Lipinski definition) is 5. The van der Waals surface area contributed by atoms with E-state index < -0.39 is 34.8 Å². The number of anilines is 1. The van der Waals surface area contributed by atoms with Gasteiger partial charge in [0.25, 0.3) is 5.91 Å². The van der Waals surface area contributed by atoms with Crippen LogP contribution in [0, 0.1) is 5.82 Å². The maximum absolute atomic E-state index is 14.9. The van der Waals surface area contributed by atoms with Crippen LogP contribution in [0.1, 0.15) is 23.0 Å². The fraction of sp³-hybridized carbons (Fsp3) is 0.120. The second-order valence-corrected chi connectivity index (χ2v) is 8.03. The number of halogens is 4. The summed E-state index contributed by atoms with van der Waals surface area (Å²) in [4.78, 5) is 31.5. The predicted octanol–water partition coefficient (Wildman–Crippen LogP) is 5.13. The zero-order chi connectivity index (χ0) is 27.0. The van der Waals surface area contributed by atoms with Gasteiger partial charge in [-0.15, -0.1) is 0 Å². The van der Waals surface area contributed by atoms with Crippen molar-refractivity contribution in [2.45, 2.75) is 19.6 Å². The van der Waals surface area contributed by atoms with Crippen LogP contribution in [-0.4, -0.2) is 30.2 Å². The van der Waals surface area contributed by atoms with Gasteiger partial charge in [-0.3, -0.25) is 14.3 Å². The normalized spacial score (nSPS) is 11.6. The Hall–Kier alpha value is -4.94. The van der Waals surface area contributed by atoms with Crippen molar-refractivity contribution in [1.29, 1.82) is 0 Å². The first kappa shape index (κ1) is 24.7. The molecule has 194 valence electrons. The molecule has 3 heterocycles. The molecule has 0 fully saturated rings. The van der Waals surface area contributed by atoms with Crippen LogP contribution >= 0.6 is 0 Å². The predicted molar refractivity (Wildman–Crippen MR) is 129 cm³/mol. The van der Waals surface area contributed by atoms with Gasteiger partial charge >= 0.3 is 11.9 Å². The number of fused-ring (bicyclic) bond motifs is 1. The number of carbonyl (C=O) groups is 1. The summed E-state index contributed by atoms with van der Waals surface area (Å²) >= 11 is 0. The highest BCUT2D eigenvalue weighted by Crippen LogP contribution is 2.35. The summed E-state index contributed by atoms with van der Waals surface area (Å²) in [5.74, 6) is -2.10. The molecule has 0 bridgehead atoms. The molecule has 5 aromatic rings. The lowest BCUT2D eigenvalue weighted by molar-refractivity contribution is -0.143. The monoisotopic (exact) mass is 526 g/mol. The number of carbonyl (C=O) groups excluding carboxylic acids is 1. The fourth-order valence-corrected chi connectivity index (χ4v) is 3.97. The van der Waals surface area contributed by atoms with E-state index in [4.69, 9.17) is 4.74 Å². The van der Waals surface area contributed by atoms with E-state index in [1.165, 1.54) is 53.2 Å². The van der Waals surface area contributed by atoms with Gasteiger partial charge in [0.1, 0.15) is 5.52 Å². The summed E-state index contributed by atoms with van der Waals surface area (Å²) in [6, 6.07) is 12.4. The van der Waals surface area contributed by atoms with Crippen LogP contribution < -0.4 is 15.7 Å². The van der Waals surface area contributed by atoms with E-state index >= 15 is 0 Å². The average Bonchev–Trinajstić information content (AvgIpc) is 3.48. The van der Waals surface area contributed by atoms with Crippen LogP contribution in [0.5, 0.6) is 11.5 Å². The summed E-state index contributed by atoms with van der Waals surface area (Å²) < 4.78 is 64.2. The number of aromatic nitrogens is 5. The van der Waals surface area contributed by atoms with Crippen molar-refractivity contribution >= 4 is 22.8 Å². The van der Waals surface area contributed by atoms with Crippen LogP contribution in [0.4, 0.5) is 23.2 Å². The van der Waals surface area contributed by atoms with Crippen LogP contribution in [0.3, 0.4) is 0 Å². The summed E-state index contributed by atoms with van der Waals surface area (Å²) in [5.41, 5.74) is -1.79. The molecule has 0 saturated carbocycles. The van der Waals surface area contributed by atoms with Gasteiger partial charge in [-0.05, 0) is 31.2 Å². The lowest BCUT2D eigenvalue weighted by Gasteiger charge is -2.13. The zero-order valence-electron chi connectivity index (χ0n) is 19.6. The number of rotatable bonds is 6. The van der Waals surface area contributed by atoms with Gasteiger partial charge in [-0.25, -0.2) is 18.9 Å². The van der Waals surface area contributed by atoms with Crippen molar-refractivity contribution in [3.05, 3.63) is 94.5 Å². The fourth-order valence-electron chi connectivity index (χ4n) is 3.97. The minimum atomic E-state index is -4.89. The Bertz CT molecular complexity index is 1710. The third kappa shape index (κ3) is 4.49. The molecular weight excluding hydrogens is 508 g/mol. The molecular formula is C25H18F4N6O3. The molecule has 0 spiro atoms. The highest BCUT2D eigenvalue weighted by atomic mass is 19.4. The number of nitrogens with one attached hydrogen (secondary N) is 2. The molecule has 13 heteroatoms. The van der Waals surface area contributed by atoms with Gasteiger partial charge in [0.05, 0.1) is 17.4 Å². The first-order valence-corrected chi connectivity index (χ1v) is 11.2. The van der Waals surface area contributed by atoms with Gasteiger partial charge in [0, 0.05) is 30.6 Å². The summed E-state index contributed by atoms with van der Waals surface area (Å²) in [6.45, 7) is 2.06. The number of benzene rings is 2. The highest BCUT2D eigenvalue weighted by molar-refractivity contribution is 6.05. The van der Waals surface area contributed by atoms with Crippen molar-refractivity contribution in [2.24, 2.45) is 0 Å². The molecule has 0 aliphatic rings. The lowest BCUT2D eigenvalue weighted by atomic mass is 10.2. The average molecular weight is 526 g/mol. The first-order valence-electron chi connectivity index (χ1n) is 11.2. The van der Waals surface area contributed by atoms with E-state index in [9.17, 15) is 27.2 Å². The van der Waals surface area contributed by atoms with Gasteiger partial charge in [0.2, 0.25) is 0 Å². The Morgan fingerprint density at radius 3 is 2.55 bits per heavy atom. The number of hydrogen-bond donors (Lipinski definition) is 2.